The van der Waals surface area contributed by atoms with Crippen LogP contribution in [0.25, 0.3) is 11.1 Å². The van der Waals surface area contributed by atoms with Gasteiger partial charge in [-0.25, -0.2) is 4.79 Å². The highest BCUT2D eigenvalue weighted by molar-refractivity contribution is 5.91. The van der Waals surface area contributed by atoms with Crippen LogP contribution in [0.4, 0.5) is 0 Å². The lowest BCUT2D eigenvalue weighted by atomic mass is 9.90. The number of esters is 1. The van der Waals surface area contributed by atoms with Gasteiger partial charge in [0.15, 0.2) is 0 Å². The van der Waals surface area contributed by atoms with Crippen LogP contribution >= 0.6 is 0 Å². The lowest BCUT2D eigenvalue weighted by Gasteiger charge is -2.16. The molecule has 0 N–H and O–H groups in total. The van der Waals surface area contributed by atoms with Gasteiger partial charge in [-0.1, -0.05) is 159 Å². The molecule has 0 saturated heterocycles. The third-order valence-electron chi connectivity index (χ3n) is 9.31. The van der Waals surface area contributed by atoms with E-state index in [4.69, 9.17) is 9.47 Å². The van der Waals surface area contributed by atoms with Crippen molar-refractivity contribution in [2.75, 3.05) is 6.61 Å². The zero-order valence-electron chi connectivity index (χ0n) is 29.5. The first-order chi connectivity index (χ1) is 22.5. The lowest BCUT2D eigenvalue weighted by Crippen LogP contribution is -2.08. The molecule has 3 heteroatoms. The van der Waals surface area contributed by atoms with Gasteiger partial charge in [-0.05, 0) is 78.6 Å². The molecule has 2 atom stereocenters. The Morgan fingerprint density at radius 2 is 1.04 bits per heavy atom. The van der Waals surface area contributed by atoms with Crippen LogP contribution in [0, 0.1) is 0 Å². The highest BCUT2D eigenvalue weighted by Gasteiger charge is 2.13. The average Bonchev–Trinajstić information content (AvgIpc) is 3.09. The highest BCUT2D eigenvalue weighted by atomic mass is 16.5. The molecule has 0 aromatic heterocycles. The van der Waals surface area contributed by atoms with Crippen LogP contribution in [0.1, 0.15) is 170 Å². The van der Waals surface area contributed by atoms with E-state index in [2.05, 4.69) is 64.1 Å². The average molecular weight is 627 g/mol. The fourth-order valence-electron chi connectivity index (χ4n) is 6.30. The zero-order chi connectivity index (χ0) is 32.8. The van der Waals surface area contributed by atoms with Crippen molar-refractivity contribution in [3.05, 3.63) is 89.5 Å². The number of unbranched alkanes of at least 4 members (excludes halogenated alkanes) is 12. The number of rotatable bonds is 24. The van der Waals surface area contributed by atoms with E-state index in [1.165, 1.54) is 114 Å². The quantitative estimate of drug-likeness (QED) is 0.0564. The summed E-state index contributed by atoms with van der Waals surface area (Å²) in [5, 5.41) is 0. The molecule has 0 heterocycles. The first-order valence-corrected chi connectivity index (χ1v) is 18.7. The van der Waals surface area contributed by atoms with Gasteiger partial charge in [0.25, 0.3) is 0 Å². The molecule has 252 valence electrons. The first kappa shape index (κ1) is 37.5. The van der Waals surface area contributed by atoms with Gasteiger partial charge < -0.3 is 9.47 Å². The van der Waals surface area contributed by atoms with Gasteiger partial charge in [-0.2, -0.15) is 0 Å². The topological polar surface area (TPSA) is 35.5 Å². The fourth-order valence-corrected chi connectivity index (χ4v) is 6.30. The zero-order valence-corrected chi connectivity index (χ0v) is 29.5. The van der Waals surface area contributed by atoms with E-state index in [0.29, 0.717) is 17.2 Å². The van der Waals surface area contributed by atoms with E-state index >= 15 is 0 Å². The van der Waals surface area contributed by atoms with Crippen molar-refractivity contribution >= 4 is 5.97 Å². The molecule has 0 saturated carbocycles. The molecule has 3 nitrogen and oxygen atoms in total. The van der Waals surface area contributed by atoms with Crippen molar-refractivity contribution in [1.29, 1.82) is 0 Å². The molecule has 0 spiro atoms. The second kappa shape index (κ2) is 22.6. The molecule has 0 aliphatic heterocycles. The van der Waals surface area contributed by atoms with Gasteiger partial charge in [0.1, 0.15) is 5.75 Å². The summed E-state index contributed by atoms with van der Waals surface area (Å²) in [6, 6.07) is 24.4. The Morgan fingerprint density at radius 1 is 0.543 bits per heavy atom. The molecular weight excluding hydrogens is 564 g/mol. The van der Waals surface area contributed by atoms with Gasteiger partial charge in [0.05, 0.1) is 11.7 Å². The maximum Gasteiger partial charge on any atom is 0.343 e. The van der Waals surface area contributed by atoms with Crippen LogP contribution in [0.15, 0.2) is 72.8 Å². The monoisotopic (exact) mass is 626 g/mol. The Balaban J connectivity index is 1.36. The van der Waals surface area contributed by atoms with Crippen LogP contribution in [-0.2, 0) is 4.74 Å². The van der Waals surface area contributed by atoms with Gasteiger partial charge in [-0.3, -0.25) is 0 Å². The Kier molecular flexibility index (Phi) is 18.4. The van der Waals surface area contributed by atoms with E-state index in [1.54, 1.807) is 0 Å². The molecule has 3 rings (SSSR count). The van der Waals surface area contributed by atoms with E-state index in [-0.39, 0.29) is 12.1 Å². The Morgan fingerprint density at radius 3 is 1.59 bits per heavy atom. The molecule has 0 bridgehead atoms. The number of ether oxygens (including phenoxy) is 2. The summed E-state index contributed by atoms with van der Waals surface area (Å²) >= 11 is 0. The Labute approximate surface area is 281 Å². The minimum atomic E-state index is -0.329. The number of carbonyl (C=O) groups excluding carboxylic acids is 1. The first-order valence-electron chi connectivity index (χ1n) is 18.7. The maximum absolute atomic E-state index is 12.8. The molecule has 46 heavy (non-hydrogen) atoms. The normalized spacial score (nSPS) is 12.6. The molecule has 3 aromatic rings. The van der Waals surface area contributed by atoms with Crippen molar-refractivity contribution in [3.63, 3.8) is 0 Å². The van der Waals surface area contributed by atoms with E-state index < -0.39 is 0 Å². The molecule has 3 aromatic carbocycles. The van der Waals surface area contributed by atoms with Crippen molar-refractivity contribution in [1.82, 2.24) is 0 Å². The summed E-state index contributed by atoms with van der Waals surface area (Å²) in [5.74, 6) is 0.843. The van der Waals surface area contributed by atoms with Crippen LogP contribution < -0.4 is 4.74 Å². The van der Waals surface area contributed by atoms with Crippen molar-refractivity contribution in [2.45, 2.75) is 149 Å². The van der Waals surface area contributed by atoms with Crippen LogP contribution in [0.5, 0.6) is 5.75 Å². The third-order valence-corrected chi connectivity index (χ3v) is 9.31. The summed E-state index contributed by atoms with van der Waals surface area (Å²) in [4.78, 5) is 12.8. The van der Waals surface area contributed by atoms with Gasteiger partial charge in [0.2, 0.25) is 0 Å². The highest BCUT2D eigenvalue weighted by Crippen LogP contribution is 2.29. The third kappa shape index (κ3) is 13.8. The molecular formula is C43H62O3. The van der Waals surface area contributed by atoms with Crippen molar-refractivity contribution in [2.24, 2.45) is 0 Å². The number of hydrogen-bond donors (Lipinski definition) is 0. The van der Waals surface area contributed by atoms with Gasteiger partial charge in [-0.15, -0.1) is 0 Å². The number of carbonyl (C=O) groups is 1. The predicted octanol–water partition coefficient (Wildman–Crippen LogP) is 13.4. The smallest absolute Gasteiger partial charge is 0.343 e. The Hall–Kier alpha value is -2.91. The number of hydrogen-bond acceptors (Lipinski definition) is 3. The van der Waals surface area contributed by atoms with Crippen LogP contribution in [0.2, 0.25) is 0 Å². The summed E-state index contributed by atoms with van der Waals surface area (Å²) in [6.45, 7) is 9.73. The predicted molar refractivity (Wildman–Crippen MR) is 196 cm³/mol. The maximum atomic E-state index is 12.8. The van der Waals surface area contributed by atoms with Gasteiger partial charge in [0, 0.05) is 6.61 Å². The minimum absolute atomic E-state index is 0.0850. The van der Waals surface area contributed by atoms with Crippen molar-refractivity contribution in [3.8, 4) is 16.9 Å². The molecule has 0 aliphatic carbocycles. The van der Waals surface area contributed by atoms with E-state index in [1.807, 2.05) is 36.4 Å². The summed E-state index contributed by atoms with van der Waals surface area (Å²) in [7, 11) is 0. The second-order valence-electron chi connectivity index (χ2n) is 13.2. The largest absolute Gasteiger partial charge is 0.423 e. The summed E-state index contributed by atoms with van der Waals surface area (Å²) < 4.78 is 11.8. The number of benzene rings is 3. The molecule has 0 fully saturated rings. The summed E-state index contributed by atoms with van der Waals surface area (Å²) in [5.41, 5.74) is 5.28. The molecule has 0 radical (unpaired) electrons. The fraction of sp³-hybridized carbons (Fsp3) is 0.558. The van der Waals surface area contributed by atoms with Crippen LogP contribution in [-0.4, -0.2) is 12.6 Å². The van der Waals surface area contributed by atoms with E-state index in [0.717, 1.165) is 24.2 Å². The second-order valence-corrected chi connectivity index (χ2v) is 13.2. The molecule has 0 aliphatic rings. The van der Waals surface area contributed by atoms with Gasteiger partial charge >= 0.3 is 5.97 Å². The Bertz CT molecular complexity index is 1200. The SMILES string of the molecule is CCCCCCCCCCCCCCOC(C)c1ccc(-c2ccc(C(=O)Oc3ccc(C(CCC)CCCC)cc3)cc2)cc1. The molecule has 0 amide bonds. The summed E-state index contributed by atoms with van der Waals surface area (Å²) in [6.07, 6.45) is 22.4. The lowest BCUT2D eigenvalue weighted by molar-refractivity contribution is 0.0627. The molecule has 2 unspecified atom stereocenters. The van der Waals surface area contributed by atoms with Crippen LogP contribution in [0.3, 0.4) is 0 Å². The standard InChI is InChI=1S/C43H62O3/c1-5-8-10-11-12-13-14-15-16-17-18-19-34-45-35(4)36-22-24-38(25-23-36)39-26-28-41(29-27-39)43(44)46-42-32-30-40(31-33-42)37(20-7-3)21-9-6-2/h22-33,35,37H,5-21,34H2,1-4H3. The van der Waals surface area contributed by atoms with E-state index in [9.17, 15) is 4.79 Å². The van der Waals surface area contributed by atoms with Crippen molar-refractivity contribution < 1.29 is 14.3 Å². The minimum Gasteiger partial charge on any atom is -0.423 e.